The highest BCUT2D eigenvalue weighted by molar-refractivity contribution is 7.92. The zero-order valence-electron chi connectivity index (χ0n) is 23.5. The third-order valence-electron chi connectivity index (χ3n) is 6.71. The second kappa shape index (κ2) is 11.3. The predicted octanol–water partition coefficient (Wildman–Crippen LogP) is 6.83. The molecule has 3 aromatic carbocycles. The number of esters is 1. The van der Waals surface area contributed by atoms with Crippen LogP contribution in [0.5, 0.6) is 5.75 Å². The normalized spacial score (nSPS) is 15.3. The van der Waals surface area contributed by atoms with Gasteiger partial charge in [0.15, 0.2) is 0 Å². The van der Waals surface area contributed by atoms with Gasteiger partial charge in [0.05, 0.1) is 22.6 Å². The Morgan fingerprint density at radius 2 is 1.63 bits per heavy atom. The minimum absolute atomic E-state index is 0.0790. The number of carbonyl (C=O) groups excluding carboxylic acids is 1. The summed E-state index contributed by atoms with van der Waals surface area (Å²) in [6.07, 6.45) is -1.32. The molecule has 2 heterocycles. The maximum Gasteiger partial charge on any atom is 0.416 e. The smallest absolute Gasteiger partial charge is 0.416 e. The van der Waals surface area contributed by atoms with Gasteiger partial charge in [0, 0.05) is 29.9 Å². The molecule has 1 aliphatic rings. The van der Waals surface area contributed by atoms with Gasteiger partial charge in [-0.15, -0.1) is 0 Å². The molecular weight excluding hydrogens is 583 g/mol. The maximum absolute atomic E-state index is 13.8. The summed E-state index contributed by atoms with van der Waals surface area (Å²) in [6, 6.07) is 15.7. The van der Waals surface area contributed by atoms with E-state index in [1.165, 1.54) is 42.7 Å². The van der Waals surface area contributed by atoms with Crippen molar-refractivity contribution in [2.24, 2.45) is 0 Å². The summed E-state index contributed by atoms with van der Waals surface area (Å²) in [7, 11) is -4.04. The lowest BCUT2D eigenvalue weighted by atomic mass is 9.82. The monoisotopic (exact) mass is 611 g/mol. The fourth-order valence-electron chi connectivity index (χ4n) is 4.80. The number of fused-ring (bicyclic) bond motifs is 1. The topological polar surface area (TPSA) is 107 Å². The first-order valence-electron chi connectivity index (χ1n) is 13.3. The quantitative estimate of drug-likeness (QED) is 0.238. The van der Waals surface area contributed by atoms with E-state index in [1.54, 1.807) is 45.0 Å². The number of halogens is 3. The molecule has 12 heteroatoms. The Morgan fingerprint density at radius 1 is 0.953 bits per heavy atom. The molecule has 0 saturated carbocycles. The summed E-state index contributed by atoms with van der Waals surface area (Å²) in [5.74, 6) is -0.722. The van der Waals surface area contributed by atoms with Crippen molar-refractivity contribution in [2.45, 2.75) is 49.8 Å². The molecule has 1 N–H and O–H groups in total. The van der Waals surface area contributed by atoms with Crippen LogP contribution in [0.15, 0.2) is 84.0 Å². The lowest BCUT2D eigenvalue weighted by molar-refractivity contribution is -0.137. The van der Waals surface area contributed by atoms with Gasteiger partial charge < -0.3 is 9.47 Å². The van der Waals surface area contributed by atoms with Crippen molar-refractivity contribution in [3.05, 3.63) is 101 Å². The molecule has 224 valence electrons. The van der Waals surface area contributed by atoms with Crippen LogP contribution in [0, 0.1) is 0 Å². The van der Waals surface area contributed by atoms with E-state index >= 15 is 0 Å². The van der Waals surface area contributed by atoms with E-state index in [2.05, 4.69) is 14.7 Å². The van der Waals surface area contributed by atoms with Crippen molar-refractivity contribution in [3.63, 3.8) is 0 Å². The van der Waals surface area contributed by atoms with E-state index in [0.717, 1.165) is 12.1 Å². The van der Waals surface area contributed by atoms with E-state index in [0.29, 0.717) is 34.4 Å². The SMILES string of the molecule is CC(C)(C)OC(=O)c1ccc(-c2cc(C(F)(F)F)ccc2[C@H]2CCOc3cc(S(=O)(=O)Nc4ncccn4)ccc32)cc1. The molecule has 0 radical (unpaired) electrons. The van der Waals surface area contributed by atoms with Crippen molar-refractivity contribution in [3.8, 4) is 16.9 Å². The number of sulfonamides is 1. The van der Waals surface area contributed by atoms with Gasteiger partial charge in [0.25, 0.3) is 10.0 Å². The third kappa shape index (κ3) is 6.80. The van der Waals surface area contributed by atoms with Gasteiger partial charge in [0.2, 0.25) is 5.95 Å². The van der Waals surface area contributed by atoms with Gasteiger partial charge in [-0.2, -0.15) is 13.2 Å². The van der Waals surface area contributed by atoms with Crippen LogP contribution in [-0.2, 0) is 20.9 Å². The molecule has 0 spiro atoms. The Kier molecular flexibility index (Phi) is 7.91. The van der Waals surface area contributed by atoms with E-state index in [1.807, 2.05) is 0 Å². The molecule has 4 aromatic rings. The van der Waals surface area contributed by atoms with E-state index in [-0.39, 0.29) is 23.0 Å². The van der Waals surface area contributed by atoms with Gasteiger partial charge in [-0.1, -0.05) is 24.3 Å². The number of nitrogens with zero attached hydrogens (tertiary/aromatic N) is 2. The number of carbonyl (C=O) groups is 1. The molecule has 1 aromatic heterocycles. The fourth-order valence-corrected chi connectivity index (χ4v) is 5.77. The van der Waals surface area contributed by atoms with Crippen molar-refractivity contribution in [2.75, 3.05) is 11.3 Å². The summed E-state index contributed by atoms with van der Waals surface area (Å²) in [5, 5.41) is 0. The Balaban J connectivity index is 1.53. The first kappa shape index (κ1) is 30.0. The zero-order valence-corrected chi connectivity index (χ0v) is 24.3. The molecule has 0 amide bonds. The molecule has 1 atom stereocenters. The highest BCUT2D eigenvalue weighted by Gasteiger charge is 2.33. The number of alkyl halides is 3. The van der Waals surface area contributed by atoms with Crippen LogP contribution in [0.2, 0.25) is 0 Å². The minimum Gasteiger partial charge on any atom is -0.493 e. The van der Waals surface area contributed by atoms with E-state index in [9.17, 15) is 26.4 Å². The second-order valence-electron chi connectivity index (χ2n) is 10.9. The Morgan fingerprint density at radius 3 is 2.28 bits per heavy atom. The van der Waals surface area contributed by atoms with Crippen molar-refractivity contribution in [1.29, 1.82) is 0 Å². The van der Waals surface area contributed by atoms with Gasteiger partial charge in [-0.05, 0) is 80.3 Å². The molecule has 0 fully saturated rings. The number of rotatable bonds is 6. The largest absolute Gasteiger partial charge is 0.493 e. The van der Waals surface area contributed by atoms with Gasteiger partial charge in [-0.25, -0.2) is 27.9 Å². The number of benzene rings is 3. The van der Waals surface area contributed by atoms with Crippen LogP contribution in [0.1, 0.15) is 60.2 Å². The first-order chi connectivity index (χ1) is 20.2. The predicted molar refractivity (Wildman–Crippen MR) is 153 cm³/mol. The third-order valence-corrected chi connectivity index (χ3v) is 8.04. The Labute approximate surface area is 247 Å². The second-order valence-corrected chi connectivity index (χ2v) is 12.6. The molecule has 5 rings (SSSR count). The molecular formula is C31H28F3N3O5S. The van der Waals surface area contributed by atoms with Crippen LogP contribution in [0.25, 0.3) is 11.1 Å². The van der Waals surface area contributed by atoms with E-state index in [4.69, 9.17) is 9.47 Å². The Bertz CT molecular complexity index is 1750. The summed E-state index contributed by atoms with van der Waals surface area (Å²) >= 11 is 0. The number of anilines is 1. The van der Waals surface area contributed by atoms with Crippen LogP contribution in [-0.4, -0.2) is 36.6 Å². The van der Waals surface area contributed by atoms with Crippen molar-refractivity contribution < 1.29 is 35.9 Å². The molecule has 0 unspecified atom stereocenters. The average Bonchev–Trinajstić information content (AvgIpc) is 2.95. The lowest BCUT2D eigenvalue weighted by Gasteiger charge is -2.29. The van der Waals surface area contributed by atoms with Crippen LogP contribution >= 0.6 is 0 Å². The van der Waals surface area contributed by atoms with Gasteiger partial charge in [0.1, 0.15) is 11.4 Å². The van der Waals surface area contributed by atoms with Crippen LogP contribution in [0.4, 0.5) is 19.1 Å². The van der Waals surface area contributed by atoms with Crippen LogP contribution < -0.4 is 9.46 Å². The van der Waals surface area contributed by atoms with Gasteiger partial charge in [-0.3, -0.25) is 0 Å². The number of hydrogen-bond acceptors (Lipinski definition) is 7. The van der Waals surface area contributed by atoms with Crippen LogP contribution in [0.3, 0.4) is 0 Å². The molecule has 43 heavy (non-hydrogen) atoms. The lowest BCUT2D eigenvalue weighted by Crippen LogP contribution is -2.23. The molecule has 0 saturated heterocycles. The first-order valence-corrected chi connectivity index (χ1v) is 14.8. The molecule has 0 bridgehead atoms. The summed E-state index contributed by atoms with van der Waals surface area (Å²) in [4.78, 5) is 20.2. The molecule has 8 nitrogen and oxygen atoms in total. The minimum atomic E-state index is -4.57. The highest BCUT2D eigenvalue weighted by Crippen LogP contribution is 2.44. The van der Waals surface area contributed by atoms with Crippen molar-refractivity contribution in [1.82, 2.24) is 9.97 Å². The number of ether oxygens (including phenoxy) is 2. The highest BCUT2D eigenvalue weighted by atomic mass is 32.2. The number of nitrogens with one attached hydrogen (secondary N) is 1. The standard InChI is InChI=1S/C31H28F3N3O5S/c1-30(2,3)42-28(38)20-7-5-19(6-8-20)26-17-21(31(32,33)34)9-11-23(26)24-13-16-41-27-18-22(10-12-25(24)27)43(39,40)37-29-35-14-4-15-36-29/h4-12,14-15,17-18,24H,13,16H2,1-3H3,(H,35,36,37)/t24-/m1/s1. The average molecular weight is 612 g/mol. The number of hydrogen-bond donors (Lipinski definition) is 1. The van der Waals surface area contributed by atoms with E-state index < -0.39 is 39.3 Å². The number of aromatic nitrogens is 2. The maximum atomic E-state index is 13.8. The fraction of sp³-hybridized carbons (Fsp3) is 0.258. The Hall–Kier alpha value is -4.45. The van der Waals surface area contributed by atoms with Gasteiger partial charge >= 0.3 is 12.1 Å². The molecule has 0 aliphatic carbocycles. The summed E-state index contributed by atoms with van der Waals surface area (Å²) in [6.45, 7) is 5.44. The summed E-state index contributed by atoms with van der Waals surface area (Å²) < 4.78 is 80.8. The molecule has 1 aliphatic heterocycles. The summed E-state index contributed by atoms with van der Waals surface area (Å²) in [5.41, 5.74) is 0.805. The zero-order chi connectivity index (χ0) is 31.0. The van der Waals surface area contributed by atoms with Crippen molar-refractivity contribution >= 4 is 21.9 Å².